The van der Waals surface area contributed by atoms with E-state index in [-0.39, 0.29) is 17.7 Å². The molecular formula is C19H22BrNO3S. The lowest BCUT2D eigenvalue weighted by Crippen LogP contribution is -2.34. The second-order valence-corrected chi connectivity index (χ2v) is 8.28. The van der Waals surface area contributed by atoms with Crippen molar-refractivity contribution in [3.8, 4) is 0 Å². The Morgan fingerprint density at radius 2 is 2.16 bits per heavy atom. The number of ketones is 1. The van der Waals surface area contributed by atoms with Crippen molar-refractivity contribution in [3.63, 3.8) is 0 Å². The number of rotatable bonds is 4. The number of carbonyl (C=O) groups is 2. The maximum atomic E-state index is 12.7. The molecule has 0 unspecified atom stereocenters. The molecule has 6 heteroatoms. The SMILES string of the molecule is CCOC(=O)C1=C(C)NC2=C(C(=O)CCC2)[C@@H]1c1cc(Br)c(CC)s1. The molecule has 1 aromatic rings. The normalized spacial score (nSPS) is 20.5. The Hall–Kier alpha value is -1.40. The van der Waals surface area contributed by atoms with E-state index in [1.54, 1.807) is 18.3 Å². The summed E-state index contributed by atoms with van der Waals surface area (Å²) in [6.45, 7) is 6.11. The molecule has 1 aromatic heterocycles. The Kier molecular flexibility index (Phi) is 5.49. The fourth-order valence-corrected chi connectivity index (χ4v) is 5.59. The van der Waals surface area contributed by atoms with Gasteiger partial charge >= 0.3 is 5.97 Å². The van der Waals surface area contributed by atoms with Crippen LogP contribution in [-0.4, -0.2) is 18.4 Å². The molecule has 0 fully saturated rings. The van der Waals surface area contributed by atoms with Crippen molar-refractivity contribution in [2.45, 2.75) is 52.4 Å². The van der Waals surface area contributed by atoms with Gasteiger partial charge in [-0.15, -0.1) is 11.3 Å². The average molecular weight is 424 g/mol. The number of esters is 1. The van der Waals surface area contributed by atoms with Gasteiger partial charge in [0, 0.05) is 37.6 Å². The van der Waals surface area contributed by atoms with Crippen LogP contribution < -0.4 is 5.32 Å². The van der Waals surface area contributed by atoms with Crippen molar-refractivity contribution >= 4 is 39.0 Å². The van der Waals surface area contributed by atoms with Gasteiger partial charge in [-0.3, -0.25) is 4.79 Å². The molecule has 1 aliphatic heterocycles. The number of carbonyl (C=O) groups excluding carboxylic acids is 2. The van der Waals surface area contributed by atoms with Gasteiger partial charge in [0.2, 0.25) is 0 Å². The highest BCUT2D eigenvalue weighted by Crippen LogP contribution is 2.46. The lowest BCUT2D eigenvalue weighted by Gasteiger charge is -2.33. The van der Waals surface area contributed by atoms with Crippen molar-refractivity contribution in [1.82, 2.24) is 5.32 Å². The smallest absolute Gasteiger partial charge is 0.336 e. The zero-order chi connectivity index (χ0) is 18.1. The number of ether oxygens (including phenoxy) is 1. The van der Waals surface area contributed by atoms with Crippen molar-refractivity contribution in [2.24, 2.45) is 0 Å². The van der Waals surface area contributed by atoms with Crippen molar-refractivity contribution in [3.05, 3.63) is 42.8 Å². The summed E-state index contributed by atoms with van der Waals surface area (Å²) >= 11 is 5.27. The van der Waals surface area contributed by atoms with E-state index in [2.05, 4.69) is 34.2 Å². The Morgan fingerprint density at radius 3 is 2.80 bits per heavy atom. The maximum Gasteiger partial charge on any atom is 0.336 e. The third kappa shape index (κ3) is 3.34. The highest BCUT2D eigenvalue weighted by Gasteiger charge is 2.40. The van der Waals surface area contributed by atoms with Gasteiger partial charge in [0.15, 0.2) is 5.78 Å². The number of allylic oxidation sites excluding steroid dienone is 3. The van der Waals surface area contributed by atoms with Crippen LogP contribution in [0.2, 0.25) is 0 Å². The van der Waals surface area contributed by atoms with Crippen LogP contribution in [0.15, 0.2) is 33.1 Å². The molecule has 0 spiro atoms. The van der Waals surface area contributed by atoms with Crippen LogP contribution in [0.4, 0.5) is 0 Å². The monoisotopic (exact) mass is 423 g/mol. The summed E-state index contributed by atoms with van der Waals surface area (Å²) in [5.74, 6) is -0.537. The first-order chi connectivity index (χ1) is 12.0. The molecule has 0 saturated carbocycles. The number of aryl methyl sites for hydroxylation is 1. The van der Waals surface area contributed by atoms with Gasteiger partial charge in [-0.25, -0.2) is 4.79 Å². The first-order valence-electron chi connectivity index (χ1n) is 8.67. The molecule has 0 bridgehead atoms. The number of dihydropyridines is 1. The molecule has 1 aliphatic carbocycles. The van der Waals surface area contributed by atoms with Gasteiger partial charge in [0.1, 0.15) is 0 Å². The largest absolute Gasteiger partial charge is 0.463 e. The maximum absolute atomic E-state index is 12.7. The molecule has 25 heavy (non-hydrogen) atoms. The van der Waals surface area contributed by atoms with Crippen LogP contribution in [0.25, 0.3) is 0 Å². The topological polar surface area (TPSA) is 55.4 Å². The van der Waals surface area contributed by atoms with Crippen LogP contribution in [-0.2, 0) is 20.7 Å². The number of thiophene rings is 1. The standard InChI is InChI=1S/C19H22BrNO3S/c1-4-14-11(20)9-15(25-14)18-16(19(23)24-5-2)10(3)21-12-7-6-8-13(22)17(12)18/h9,18,21H,4-8H2,1-3H3/t18-/m1/s1. The second-order valence-electron chi connectivity index (χ2n) is 6.26. The van der Waals surface area contributed by atoms with Crippen molar-refractivity contribution < 1.29 is 14.3 Å². The molecular weight excluding hydrogens is 402 g/mol. The Bertz CT molecular complexity index is 791. The average Bonchev–Trinajstić information content (AvgIpc) is 2.94. The van der Waals surface area contributed by atoms with Gasteiger partial charge in [-0.05, 0) is 55.1 Å². The summed E-state index contributed by atoms with van der Waals surface area (Å²) < 4.78 is 6.35. The van der Waals surface area contributed by atoms with Crippen molar-refractivity contribution in [2.75, 3.05) is 6.61 Å². The summed E-state index contributed by atoms with van der Waals surface area (Å²) in [4.78, 5) is 27.6. The van der Waals surface area contributed by atoms with Gasteiger partial charge in [-0.1, -0.05) is 6.92 Å². The number of halogens is 1. The van der Waals surface area contributed by atoms with Crippen LogP contribution in [0.5, 0.6) is 0 Å². The lowest BCUT2D eigenvalue weighted by atomic mass is 9.78. The first-order valence-corrected chi connectivity index (χ1v) is 10.3. The number of hydrogen-bond acceptors (Lipinski definition) is 5. The van der Waals surface area contributed by atoms with Gasteiger partial charge in [0.05, 0.1) is 18.1 Å². The van der Waals surface area contributed by atoms with Crippen LogP contribution in [0, 0.1) is 0 Å². The highest BCUT2D eigenvalue weighted by atomic mass is 79.9. The van der Waals surface area contributed by atoms with Gasteiger partial charge in [-0.2, -0.15) is 0 Å². The molecule has 134 valence electrons. The van der Waals surface area contributed by atoms with E-state index < -0.39 is 0 Å². The fourth-order valence-electron chi connectivity index (χ4n) is 3.56. The highest BCUT2D eigenvalue weighted by molar-refractivity contribution is 9.10. The zero-order valence-electron chi connectivity index (χ0n) is 14.7. The van der Waals surface area contributed by atoms with Gasteiger partial charge < -0.3 is 10.1 Å². The second kappa shape index (κ2) is 7.46. The number of nitrogens with one attached hydrogen (secondary N) is 1. The molecule has 0 amide bonds. The fraction of sp³-hybridized carbons (Fsp3) is 0.474. The summed E-state index contributed by atoms with van der Waals surface area (Å²) in [5, 5.41) is 3.30. The quantitative estimate of drug-likeness (QED) is 0.718. The Balaban J connectivity index is 2.16. The van der Waals surface area contributed by atoms with E-state index in [4.69, 9.17) is 4.74 Å². The summed E-state index contributed by atoms with van der Waals surface area (Å²) in [5.41, 5.74) is 3.07. The third-order valence-electron chi connectivity index (χ3n) is 4.65. The minimum Gasteiger partial charge on any atom is -0.463 e. The van der Waals surface area contributed by atoms with E-state index in [0.717, 1.165) is 45.6 Å². The van der Waals surface area contributed by atoms with E-state index >= 15 is 0 Å². The molecule has 4 nitrogen and oxygen atoms in total. The molecule has 2 heterocycles. The first kappa shape index (κ1) is 18.4. The predicted octanol–water partition coefficient (Wildman–Crippen LogP) is 4.60. The van der Waals surface area contributed by atoms with E-state index in [1.165, 1.54) is 4.88 Å². The Morgan fingerprint density at radius 1 is 1.40 bits per heavy atom. The predicted molar refractivity (Wildman–Crippen MR) is 102 cm³/mol. The molecule has 0 saturated heterocycles. The molecule has 0 aromatic carbocycles. The summed E-state index contributed by atoms with van der Waals surface area (Å²) in [6, 6.07) is 2.05. The summed E-state index contributed by atoms with van der Waals surface area (Å²) in [6.07, 6.45) is 3.15. The third-order valence-corrected chi connectivity index (χ3v) is 6.97. The molecule has 1 N–H and O–H groups in total. The Labute approximate surface area is 160 Å². The van der Waals surface area contributed by atoms with Crippen molar-refractivity contribution in [1.29, 1.82) is 0 Å². The van der Waals surface area contributed by atoms with E-state index in [0.29, 0.717) is 18.6 Å². The van der Waals surface area contributed by atoms with Crippen LogP contribution in [0.1, 0.15) is 55.7 Å². The van der Waals surface area contributed by atoms with E-state index in [9.17, 15) is 9.59 Å². The van der Waals surface area contributed by atoms with Gasteiger partial charge in [0.25, 0.3) is 0 Å². The molecule has 2 aliphatic rings. The molecule has 3 rings (SSSR count). The number of Topliss-reactive ketones (excluding diaryl/α,β-unsaturated/α-hetero) is 1. The summed E-state index contributed by atoms with van der Waals surface area (Å²) in [7, 11) is 0. The van der Waals surface area contributed by atoms with Crippen LogP contribution >= 0.6 is 27.3 Å². The van der Waals surface area contributed by atoms with Crippen LogP contribution in [0.3, 0.4) is 0 Å². The number of hydrogen-bond donors (Lipinski definition) is 1. The molecule has 1 atom stereocenters. The van der Waals surface area contributed by atoms with E-state index in [1.807, 2.05) is 6.92 Å². The molecule has 0 radical (unpaired) electrons. The zero-order valence-corrected chi connectivity index (χ0v) is 17.1. The minimum absolute atomic E-state index is 0.135. The lowest BCUT2D eigenvalue weighted by molar-refractivity contribution is -0.138. The minimum atomic E-state index is -0.343.